The number of rotatable bonds is 10. The van der Waals surface area contributed by atoms with Crippen LogP contribution in [0.1, 0.15) is 40.5 Å². The predicted octanol–water partition coefficient (Wildman–Crippen LogP) is 1.59. The van der Waals surface area contributed by atoms with E-state index in [4.69, 9.17) is 11.5 Å². The van der Waals surface area contributed by atoms with Gasteiger partial charge in [-0.25, -0.2) is 0 Å². The lowest BCUT2D eigenvalue weighted by atomic mass is 9.99. The molecule has 0 aliphatic carbocycles. The number of aliphatic carboxylic acids is 1. The second-order valence-electron chi connectivity index (χ2n) is 6.27. The Bertz CT molecular complexity index is 414. The Balaban J connectivity index is 0. The summed E-state index contributed by atoms with van der Waals surface area (Å²) in [6, 6.07) is -1.12. The average molecular weight is 339 g/mol. The minimum absolute atomic E-state index is 0.154. The Morgan fingerprint density at radius 1 is 1.17 bits per heavy atom. The normalized spacial score (nSPS) is 12.4. The van der Waals surface area contributed by atoms with Crippen LogP contribution in [0.25, 0.3) is 0 Å². The number of terminal acetylenes is 1. The molecule has 24 heavy (non-hydrogen) atoms. The number of likely N-dealkylation sites (N-methyl/N-ethyl adjacent to an activating group) is 1. The van der Waals surface area contributed by atoms with Crippen molar-refractivity contribution < 1.29 is 14.7 Å². The number of carbonyl (C=O) groups excluding carboxylic acids is 1. The van der Waals surface area contributed by atoms with Gasteiger partial charge in [0.15, 0.2) is 0 Å². The third-order valence-corrected chi connectivity index (χ3v) is 3.03. The first-order valence-electron chi connectivity index (χ1n) is 8.17. The first-order valence-corrected chi connectivity index (χ1v) is 8.17. The van der Waals surface area contributed by atoms with E-state index in [0.29, 0.717) is 25.3 Å². The fraction of sp³-hybridized carbons (Fsp3) is 0.667. The zero-order chi connectivity index (χ0) is 19.1. The molecule has 138 valence electrons. The van der Waals surface area contributed by atoms with E-state index in [9.17, 15) is 9.59 Å². The van der Waals surface area contributed by atoms with Crippen LogP contribution in [-0.4, -0.2) is 42.7 Å². The molecule has 6 heteroatoms. The monoisotopic (exact) mass is 339 g/mol. The molecule has 6 nitrogen and oxygen atoms in total. The van der Waals surface area contributed by atoms with Crippen LogP contribution in [0.3, 0.4) is 0 Å². The maximum absolute atomic E-state index is 11.7. The van der Waals surface area contributed by atoms with Crippen molar-refractivity contribution in [3.63, 3.8) is 0 Å². The van der Waals surface area contributed by atoms with Gasteiger partial charge in [-0.1, -0.05) is 40.2 Å². The lowest BCUT2D eigenvalue weighted by Crippen LogP contribution is -2.51. The van der Waals surface area contributed by atoms with Crippen molar-refractivity contribution in [2.24, 2.45) is 11.8 Å². The first-order chi connectivity index (χ1) is 11.2. The molecule has 0 aromatic carbocycles. The SMILES string of the molecule is C#CCNC=C.CNC(=O)C(CC(C)C)NC(CC(C)C)C(=O)O. The summed E-state index contributed by atoms with van der Waals surface area (Å²) >= 11 is 0. The molecule has 2 unspecified atom stereocenters. The van der Waals surface area contributed by atoms with Gasteiger partial charge in [0, 0.05) is 7.05 Å². The molecule has 0 spiro atoms. The van der Waals surface area contributed by atoms with E-state index < -0.39 is 18.1 Å². The Morgan fingerprint density at radius 2 is 1.67 bits per heavy atom. The standard InChI is InChI=1S/C13H26N2O3.C5H7N/c1-8(2)6-10(12(16)14-5)15-11(13(17)18)7-9(3)4;1-3-5-6-4-2/h8-11,15H,6-7H2,1-5H3,(H,14,16)(H,17,18);1,4,6H,2,5H2. The van der Waals surface area contributed by atoms with Gasteiger partial charge in [-0.3, -0.25) is 14.9 Å². The fourth-order valence-electron chi connectivity index (χ4n) is 1.98. The highest BCUT2D eigenvalue weighted by Crippen LogP contribution is 2.10. The lowest BCUT2D eigenvalue weighted by molar-refractivity contribution is -0.140. The van der Waals surface area contributed by atoms with Gasteiger partial charge in [-0.05, 0) is 30.9 Å². The van der Waals surface area contributed by atoms with Gasteiger partial charge in [-0.15, -0.1) is 6.42 Å². The number of hydrogen-bond acceptors (Lipinski definition) is 4. The highest BCUT2D eigenvalue weighted by atomic mass is 16.4. The molecule has 0 aliphatic rings. The van der Waals surface area contributed by atoms with Crippen molar-refractivity contribution in [3.8, 4) is 12.3 Å². The van der Waals surface area contributed by atoms with E-state index in [-0.39, 0.29) is 11.8 Å². The lowest BCUT2D eigenvalue weighted by Gasteiger charge is -2.24. The third-order valence-electron chi connectivity index (χ3n) is 3.03. The summed E-state index contributed by atoms with van der Waals surface area (Å²) in [6.45, 7) is 11.9. The van der Waals surface area contributed by atoms with Crippen molar-refractivity contribution in [2.75, 3.05) is 13.6 Å². The molecule has 4 N–H and O–H groups in total. The number of carboxylic acids is 1. The van der Waals surface area contributed by atoms with Crippen molar-refractivity contribution >= 4 is 11.9 Å². The van der Waals surface area contributed by atoms with Crippen LogP contribution in [0.4, 0.5) is 0 Å². The number of carboxylic acid groups (broad SMARTS) is 1. The topological polar surface area (TPSA) is 90.5 Å². The average Bonchev–Trinajstić information content (AvgIpc) is 2.50. The first kappa shape index (κ1) is 24.3. The summed E-state index contributed by atoms with van der Waals surface area (Å²) in [5.41, 5.74) is 0. The van der Waals surface area contributed by atoms with E-state index in [1.165, 1.54) is 0 Å². The van der Waals surface area contributed by atoms with Gasteiger partial charge in [0.2, 0.25) is 5.91 Å². The van der Waals surface area contributed by atoms with Crippen molar-refractivity contribution in [1.29, 1.82) is 0 Å². The van der Waals surface area contributed by atoms with E-state index in [2.05, 4.69) is 28.4 Å². The molecular formula is C18H33N3O3. The zero-order valence-corrected chi connectivity index (χ0v) is 15.6. The summed E-state index contributed by atoms with van der Waals surface area (Å²) in [5.74, 6) is 1.92. The molecular weight excluding hydrogens is 306 g/mol. The number of hydrogen-bond donors (Lipinski definition) is 4. The van der Waals surface area contributed by atoms with E-state index in [1.54, 1.807) is 13.2 Å². The summed E-state index contributed by atoms with van der Waals surface area (Å²) in [6.07, 6.45) is 7.56. The molecule has 0 saturated carbocycles. The molecule has 2 atom stereocenters. The van der Waals surface area contributed by atoms with Gasteiger partial charge in [0.1, 0.15) is 6.04 Å². The van der Waals surface area contributed by atoms with Gasteiger partial charge in [0.05, 0.1) is 12.6 Å². The molecule has 0 rings (SSSR count). The molecule has 0 fully saturated rings. The quantitative estimate of drug-likeness (QED) is 0.358. The highest BCUT2D eigenvalue weighted by molar-refractivity contribution is 5.82. The van der Waals surface area contributed by atoms with E-state index in [1.807, 2.05) is 27.7 Å². The Hall–Kier alpha value is -2.00. The fourth-order valence-corrected chi connectivity index (χ4v) is 1.98. The van der Waals surface area contributed by atoms with E-state index in [0.717, 1.165) is 0 Å². The minimum atomic E-state index is -0.902. The molecule has 0 heterocycles. The van der Waals surface area contributed by atoms with Crippen LogP contribution in [0.2, 0.25) is 0 Å². The van der Waals surface area contributed by atoms with Crippen LogP contribution >= 0.6 is 0 Å². The second kappa shape index (κ2) is 14.6. The van der Waals surface area contributed by atoms with Crippen LogP contribution in [0.15, 0.2) is 12.8 Å². The molecule has 0 saturated heterocycles. The van der Waals surface area contributed by atoms with Gasteiger partial charge >= 0.3 is 5.97 Å². The third kappa shape index (κ3) is 13.6. The highest BCUT2D eigenvalue weighted by Gasteiger charge is 2.26. The summed E-state index contributed by atoms with van der Waals surface area (Å²) in [5, 5.41) is 17.4. The molecule has 1 amide bonds. The Morgan fingerprint density at radius 3 is 1.96 bits per heavy atom. The second-order valence-corrected chi connectivity index (χ2v) is 6.27. The molecule has 0 aliphatic heterocycles. The summed E-state index contributed by atoms with van der Waals surface area (Å²) in [7, 11) is 1.57. The number of carbonyl (C=O) groups is 2. The van der Waals surface area contributed by atoms with Gasteiger partial charge in [0.25, 0.3) is 0 Å². The van der Waals surface area contributed by atoms with Gasteiger partial charge in [-0.2, -0.15) is 0 Å². The van der Waals surface area contributed by atoms with E-state index >= 15 is 0 Å². The molecule has 0 aromatic rings. The number of nitrogens with one attached hydrogen (secondary N) is 3. The van der Waals surface area contributed by atoms with Crippen LogP contribution in [0.5, 0.6) is 0 Å². The van der Waals surface area contributed by atoms with Crippen LogP contribution in [0, 0.1) is 24.2 Å². The predicted molar refractivity (Wildman–Crippen MR) is 98.4 cm³/mol. The van der Waals surface area contributed by atoms with Crippen LogP contribution in [-0.2, 0) is 9.59 Å². The molecule has 0 radical (unpaired) electrons. The maximum Gasteiger partial charge on any atom is 0.320 e. The Kier molecular flexibility index (Phi) is 14.7. The molecule has 0 bridgehead atoms. The summed E-state index contributed by atoms with van der Waals surface area (Å²) < 4.78 is 0. The van der Waals surface area contributed by atoms with Crippen molar-refractivity contribution in [2.45, 2.75) is 52.6 Å². The Labute approximate surface area is 146 Å². The smallest absolute Gasteiger partial charge is 0.320 e. The number of amides is 1. The van der Waals surface area contributed by atoms with Crippen LogP contribution < -0.4 is 16.0 Å². The molecule has 0 aromatic heterocycles. The van der Waals surface area contributed by atoms with Gasteiger partial charge < -0.3 is 15.7 Å². The van der Waals surface area contributed by atoms with Crippen molar-refractivity contribution in [3.05, 3.63) is 12.8 Å². The minimum Gasteiger partial charge on any atom is -0.480 e. The summed E-state index contributed by atoms with van der Waals surface area (Å²) in [4.78, 5) is 22.9. The zero-order valence-electron chi connectivity index (χ0n) is 15.6. The maximum atomic E-state index is 11.7. The largest absolute Gasteiger partial charge is 0.480 e. The van der Waals surface area contributed by atoms with Crippen molar-refractivity contribution in [1.82, 2.24) is 16.0 Å².